The maximum absolute atomic E-state index is 11.7. The Morgan fingerprint density at radius 3 is 2.67 bits per heavy atom. The molecule has 0 aliphatic carbocycles. The second-order valence-electron chi connectivity index (χ2n) is 4.69. The smallest absolute Gasteiger partial charge is 0.323 e. The van der Waals surface area contributed by atoms with Crippen molar-refractivity contribution in [2.45, 2.75) is 19.4 Å². The Balaban J connectivity index is 2.15. The van der Waals surface area contributed by atoms with Gasteiger partial charge in [0, 0.05) is 23.5 Å². The molecule has 0 saturated heterocycles. The molecule has 0 radical (unpaired) electrons. The number of amides is 4. The van der Waals surface area contributed by atoms with Crippen LogP contribution in [0.5, 0.6) is 0 Å². The maximum atomic E-state index is 11.7. The first-order chi connectivity index (χ1) is 9.97. The SMILES string of the molecule is CC(=O)[C@H](Cc1c[nH]c2ccccc12)NC(=O)NC(N)=O. The summed E-state index contributed by atoms with van der Waals surface area (Å²) in [7, 11) is 0. The van der Waals surface area contributed by atoms with Gasteiger partial charge in [0.1, 0.15) is 0 Å². The number of hydrogen-bond donors (Lipinski definition) is 4. The Kier molecular flexibility index (Phi) is 4.22. The number of carbonyl (C=O) groups is 3. The summed E-state index contributed by atoms with van der Waals surface area (Å²) in [6, 6.07) is 5.17. The van der Waals surface area contributed by atoms with Crippen molar-refractivity contribution in [1.29, 1.82) is 0 Å². The second kappa shape index (κ2) is 6.08. The number of primary amides is 1. The molecule has 4 amide bonds. The Morgan fingerprint density at radius 1 is 1.29 bits per heavy atom. The molecule has 0 unspecified atom stereocenters. The predicted octanol–water partition coefficient (Wildman–Crippen LogP) is 1.05. The van der Waals surface area contributed by atoms with Gasteiger partial charge >= 0.3 is 12.1 Å². The Bertz CT molecular complexity index is 692. The largest absolute Gasteiger partial charge is 0.361 e. The molecule has 5 N–H and O–H groups in total. The standard InChI is InChI=1S/C14H16N4O3/c1-8(19)12(17-14(21)18-13(15)20)6-9-7-16-11-5-3-2-4-10(9)11/h2-5,7,12,16H,6H2,1H3,(H4,15,17,18,20,21)/t12-/m0/s1. The summed E-state index contributed by atoms with van der Waals surface area (Å²) in [6.07, 6.45) is 2.12. The topological polar surface area (TPSA) is 117 Å². The van der Waals surface area contributed by atoms with Crippen molar-refractivity contribution in [1.82, 2.24) is 15.6 Å². The lowest BCUT2D eigenvalue weighted by Gasteiger charge is -2.15. The van der Waals surface area contributed by atoms with Crippen LogP contribution in [0.4, 0.5) is 9.59 Å². The lowest BCUT2D eigenvalue weighted by molar-refractivity contribution is -0.118. The number of imide groups is 1. The van der Waals surface area contributed by atoms with E-state index in [2.05, 4.69) is 10.3 Å². The number of nitrogens with one attached hydrogen (secondary N) is 3. The van der Waals surface area contributed by atoms with Crippen molar-refractivity contribution < 1.29 is 14.4 Å². The van der Waals surface area contributed by atoms with Gasteiger partial charge in [0.15, 0.2) is 5.78 Å². The lowest BCUT2D eigenvalue weighted by atomic mass is 10.0. The molecule has 0 bridgehead atoms. The van der Waals surface area contributed by atoms with Gasteiger partial charge in [0.2, 0.25) is 0 Å². The van der Waals surface area contributed by atoms with Crippen LogP contribution in [0.2, 0.25) is 0 Å². The molecular formula is C14H16N4O3. The van der Waals surface area contributed by atoms with E-state index in [1.54, 1.807) is 6.20 Å². The minimum atomic E-state index is -0.970. The second-order valence-corrected chi connectivity index (χ2v) is 4.69. The van der Waals surface area contributed by atoms with Gasteiger partial charge in [-0.1, -0.05) is 18.2 Å². The highest BCUT2D eigenvalue weighted by atomic mass is 16.2. The fourth-order valence-corrected chi connectivity index (χ4v) is 2.12. The number of H-pyrrole nitrogens is 1. The van der Waals surface area contributed by atoms with E-state index in [1.165, 1.54) is 6.92 Å². The van der Waals surface area contributed by atoms with Crippen molar-refractivity contribution in [2.24, 2.45) is 5.73 Å². The van der Waals surface area contributed by atoms with Crippen molar-refractivity contribution in [3.8, 4) is 0 Å². The number of Topliss-reactive ketones (excluding diaryl/α,β-unsaturated/α-hetero) is 1. The summed E-state index contributed by atoms with van der Waals surface area (Å²) in [5.74, 6) is -0.208. The molecule has 2 rings (SSSR count). The molecule has 1 atom stereocenters. The third kappa shape index (κ3) is 3.59. The fraction of sp³-hybridized carbons (Fsp3) is 0.214. The first kappa shape index (κ1) is 14.6. The number of aromatic amines is 1. The maximum Gasteiger partial charge on any atom is 0.323 e. The monoisotopic (exact) mass is 288 g/mol. The molecule has 2 aromatic rings. The van der Waals surface area contributed by atoms with Gasteiger partial charge in [-0.3, -0.25) is 10.1 Å². The molecule has 0 spiro atoms. The number of nitrogens with two attached hydrogens (primary N) is 1. The van der Waals surface area contributed by atoms with Gasteiger partial charge in [-0.05, 0) is 18.6 Å². The summed E-state index contributed by atoms with van der Waals surface area (Å²) in [5.41, 5.74) is 6.72. The summed E-state index contributed by atoms with van der Waals surface area (Å²) in [5, 5.41) is 5.30. The van der Waals surface area contributed by atoms with Crippen LogP contribution in [0, 0.1) is 0 Å². The zero-order chi connectivity index (χ0) is 15.4. The zero-order valence-corrected chi connectivity index (χ0v) is 11.5. The van der Waals surface area contributed by atoms with Gasteiger partial charge in [-0.15, -0.1) is 0 Å². The van der Waals surface area contributed by atoms with Crippen LogP contribution in [0.25, 0.3) is 10.9 Å². The molecule has 1 aromatic carbocycles. The molecule has 21 heavy (non-hydrogen) atoms. The van der Waals surface area contributed by atoms with E-state index >= 15 is 0 Å². The molecule has 7 heteroatoms. The van der Waals surface area contributed by atoms with Crippen LogP contribution >= 0.6 is 0 Å². The molecule has 0 fully saturated rings. The predicted molar refractivity (Wildman–Crippen MR) is 77.7 cm³/mol. The van der Waals surface area contributed by atoms with E-state index in [0.717, 1.165) is 16.5 Å². The van der Waals surface area contributed by atoms with Crippen LogP contribution in [-0.4, -0.2) is 28.9 Å². The quantitative estimate of drug-likeness (QED) is 0.673. The average molecular weight is 288 g/mol. The van der Waals surface area contributed by atoms with Gasteiger partial charge in [0.05, 0.1) is 6.04 Å². The van der Waals surface area contributed by atoms with Crippen molar-refractivity contribution >= 4 is 28.7 Å². The highest BCUT2D eigenvalue weighted by molar-refractivity contribution is 5.95. The molecule has 0 aliphatic heterocycles. The molecule has 0 saturated carbocycles. The van der Waals surface area contributed by atoms with E-state index < -0.39 is 18.1 Å². The molecule has 1 aromatic heterocycles. The summed E-state index contributed by atoms with van der Waals surface area (Å²) < 4.78 is 0. The Morgan fingerprint density at radius 2 is 2.00 bits per heavy atom. The zero-order valence-electron chi connectivity index (χ0n) is 11.5. The summed E-state index contributed by atoms with van der Waals surface area (Å²) in [4.78, 5) is 36.9. The number of ketones is 1. The van der Waals surface area contributed by atoms with E-state index in [9.17, 15) is 14.4 Å². The minimum Gasteiger partial charge on any atom is -0.361 e. The Hall–Kier alpha value is -2.83. The lowest BCUT2D eigenvalue weighted by Crippen LogP contribution is -2.49. The van der Waals surface area contributed by atoms with Gasteiger partial charge in [-0.2, -0.15) is 0 Å². The normalized spacial score (nSPS) is 11.9. The highest BCUT2D eigenvalue weighted by Crippen LogP contribution is 2.19. The first-order valence-corrected chi connectivity index (χ1v) is 6.39. The number of fused-ring (bicyclic) bond motifs is 1. The third-order valence-electron chi connectivity index (χ3n) is 3.13. The van der Waals surface area contributed by atoms with Crippen molar-refractivity contribution in [3.63, 3.8) is 0 Å². The number of hydrogen-bond acceptors (Lipinski definition) is 3. The molecule has 7 nitrogen and oxygen atoms in total. The first-order valence-electron chi connectivity index (χ1n) is 6.39. The van der Waals surface area contributed by atoms with Crippen molar-refractivity contribution in [3.05, 3.63) is 36.0 Å². The van der Waals surface area contributed by atoms with Crippen LogP contribution < -0.4 is 16.4 Å². The molecule has 1 heterocycles. The molecule has 0 aliphatic rings. The third-order valence-corrected chi connectivity index (χ3v) is 3.13. The van der Waals surface area contributed by atoms with Crippen LogP contribution in [0.15, 0.2) is 30.5 Å². The van der Waals surface area contributed by atoms with Crippen LogP contribution in [-0.2, 0) is 11.2 Å². The van der Waals surface area contributed by atoms with E-state index in [-0.39, 0.29) is 5.78 Å². The van der Waals surface area contributed by atoms with Gasteiger partial charge < -0.3 is 16.0 Å². The Labute approximate surface area is 120 Å². The van der Waals surface area contributed by atoms with Crippen LogP contribution in [0.1, 0.15) is 12.5 Å². The van der Waals surface area contributed by atoms with E-state index in [0.29, 0.717) is 6.42 Å². The number of benzene rings is 1. The van der Waals surface area contributed by atoms with Gasteiger partial charge in [-0.25, -0.2) is 9.59 Å². The summed E-state index contributed by atoms with van der Waals surface area (Å²) >= 11 is 0. The summed E-state index contributed by atoms with van der Waals surface area (Å²) in [6.45, 7) is 1.38. The number of para-hydroxylation sites is 1. The number of urea groups is 2. The fourth-order valence-electron chi connectivity index (χ4n) is 2.12. The highest BCUT2D eigenvalue weighted by Gasteiger charge is 2.19. The minimum absolute atomic E-state index is 0.208. The van der Waals surface area contributed by atoms with Crippen molar-refractivity contribution in [2.75, 3.05) is 0 Å². The molecular weight excluding hydrogens is 272 g/mol. The van der Waals surface area contributed by atoms with Gasteiger partial charge in [0.25, 0.3) is 0 Å². The number of rotatable bonds is 4. The van der Waals surface area contributed by atoms with Crippen LogP contribution in [0.3, 0.4) is 0 Å². The average Bonchev–Trinajstić information content (AvgIpc) is 2.80. The number of carbonyl (C=O) groups excluding carboxylic acids is 3. The van der Waals surface area contributed by atoms with E-state index in [1.807, 2.05) is 29.6 Å². The number of aromatic nitrogens is 1. The molecule has 110 valence electrons. The van der Waals surface area contributed by atoms with E-state index in [4.69, 9.17) is 5.73 Å².